The van der Waals surface area contributed by atoms with Crippen molar-refractivity contribution in [2.45, 2.75) is 38.0 Å². The molecule has 0 saturated carbocycles. The van der Waals surface area contributed by atoms with Crippen LogP contribution in [-0.2, 0) is 11.2 Å². The number of rotatable bonds is 7. The second-order valence-electron chi connectivity index (χ2n) is 4.59. The van der Waals surface area contributed by atoms with Crippen LogP contribution in [0, 0.1) is 6.92 Å². The van der Waals surface area contributed by atoms with E-state index in [1.807, 2.05) is 6.92 Å². The zero-order valence-corrected chi connectivity index (χ0v) is 14.3. The number of anilines is 1. The van der Waals surface area contributed by atoms with Crippen LogP contribution in [-0.4, -0.2) is 27.6 Å². The number of aromatic nitrogens is 2. The number of hydrogen-bond donors (Lipinski definition) is 1. The predicted molar refractivity (Wildman–Crippen MR) is 86.7 cm³/mol. The molecular weight excluding hydrogens is 322 g/mol. The molecule has 0 aromatic carbocycles. The lowest BCUT2D eigenvalue weighted by Gasteiger charge is -1.99. The third-order valence-corrected chi connectivity index (χ3v) is 4.72. The van der Waals surface area contributed by atoms with Crippen molar-refractivity contribution in [3.63, 3.8) is 0 Å². The number of aryl methyl sites for hydroxylation is 2. The van der Waals surface area contributed by atoms with Crippen LogP contribution >= 0.6 is 23.1 Å². The number of ketones is 1. The van der Waals surface area contributed by atoms with Crippen LogP contribution in [0.5, 0.6) is 0 Å². The molecule has 1 amide bonds. The lowest BCUT2D eigenvalue weighted by molar-refractivity contribution is -0.116. The number of Topliss-reactive ketones (excluding diaryl/α,β-unsaturated/α-hetero) is 1. The van der Waals surface area contributed by atoms with Gasteiger partial charge in [0.1, 0.15) is 11.5 Å². The fourth-order valence-corrected chi connectivity index (χ4v) is 3.54. The van der Waals surface area contributed by atoms with Crippen molar-refractivity contribution in [2.75, 3.05) is 11.1 Å². The minimum absolute atomic E-state index is 0.0354. The maximum absolute atomic E-state index is 11.9. The van der Waals surface area contributed by atoms with E-state index in [1.54, 1.807) is 24.8 Å². The van der Waals surface area contributed by atoms with Gasteiger partial charge in [-0.05, 0) is 25.7 Å². The van der Waals surface area contributed by atoms with Crippen LogP contribution in [0.25, 0.3) is 0 Å². The summed E-state index contributed by atoms with van der Waals surface area (Å²) in [6, 6.07) is 1.70. The van der Waals surface area contributed by atoms with Crippen molar-refractivity contribution in [2.24, 2.45) is 0 Å². The molecule has 0 bridgehead atoms. The summed E-state index contributed by atoms with van der Waals surface area (Å²) in [5.41, 5.74) is 0.570. The van der Waals surface area contributed by atoms with Crippen molar-refractivity contribution in [1.82, 2.24) is 10.2 Å². The summed E-state index contributed by atoms with van der Waals surface area (Å²) in [7, 11) is 0. The highest BCUT2D eigenvalue weighted by atomic mass is 32.2. The van der Waals surface area contributed by atoms with E-state index in [-0.39, 0.29) is 18.1 Å². The number of nitrogens with one attached hydrogen (secondary N) is 1. The van der Waals surface area contributed by atoms with Gasteiger partial charge in [-0.25, -0.2) is 0 Å². The van der Waals surface area contributed by atoms with E-state index in [2.05, 4.69) is 15.5 Å². The monoisotopic (exact) mass is 339 g/mol. The van der Waals surface area contributed by atoms with Gasteiger partial charge in [0.2, 0.25) is 11.0 Å². The van der Waals surface area contributed by atoms with Gasteiger partial charge in [-0.2, -0.15) is 0 Å². The molecule has 2 aromatic rings. The molecule has 0 aliphatic heterocycles. The predicted octanol–water partition coefficient (Wildman–Crippen LogP) is 3.33. The Morgan fingerprint density at radius 3 is 2.82 bits per heavy atom. The van der Waals surface area contributed by atoms with Gasteiger partial charge >= 0.3 is 0 Å². The summed E-state index contributed by atoms with van der Waals surface area (Å²) >= 11 is 2.95. The largest absolute Gasteiger partial charge is 0.466 e. The van der Waals surface area contributed by atoms with Gasteiger partial charge in [0, 0.05) is 12.8 Å². The summed E-state index contributed by atoms with van der Waals surface area (Å²) < 4.78 is 6.32. The molecule has 2 aromatic heterocycles. The zero-order valence-electron chi connectivity index (χ0n) is 12.6. The molecule has 8 heteroatoms. The third kappa shape index (κ3) is 4.41. The van der Waals surface area contributed by atoms with Gasteiger partial charge in [0.25, 0.3) is 0 Å². The van der Waals surface area contributed by atoms with E-state index in [4.69, 9.17) is 4.42 Å². The standard InChI is InChI=1S/C14H17N3O3S2/c1-4-21-14-17-16-13(22-14)15-12(19)6-5-10-7-11(8(2)18)9(3)20-10/h7H,4-6H2,1-3H3,(H,15,16,19). The molecule has 0 aliphatic carbocycles. The molecule has 1 N–H and O–H groups in total. The first-order valence-electron chi connectivity index (χ1n) is 6.86. The van der Waals surface area contributed by atoms with Crippen molar-refractivity contribution in [3.05, 3.63) is 23.2 Å². The van der Waals surface area contributed by atoms with Crippen LogP contribution in [0.4, 0.5) is 5.13 Å². The Bertz CT molecular complexity index is 679. The molecule has 0 spiro atoms. The van der Waals surface area contributed by atoms with E-state index < -0.39 is 0 Å². The first-order valence-corrected chi connectivity index (χ1v) is 8.66. The number of carbonyl (C=O) groups is 2. The quantitative estimate of drug-likeness (QED) is 0.473. The average molecular weight is 339 g/mol. The minimum atomic E-state index is -0.150. The Hall–Kier alpha value is -1.67. The molecule has 0 saturated heterocycles. The lowest BCUT2D eigenvalue weighted by atomic mass is 10.1. The van der Waals surface area contributed by atoms with Gasteiger partial charge < -0.3 is 9.73 Å². The lowest BCUT2D eigenvalue weighted by Crippen LogP contribution is -2.11. The molecule has 2 heterocycles. The zero-order chi connectivity index (χ0) is 16.1. The van der Waals surface area contributed by atoms with Crippen LogP contribution in [0.15, 0.2) is 14.8 Å². The second kappa shape index (κ2) is 7.55. The summed E-state index contributed by atoms with van der Waals surface area (Å²) in [4.78, 5) is 23.3. The number of hydrogen-bond acceptors (Lipinski definition) is 7. The molecule has 0 fully saturated rings. The number of nitrogens with zero attached hydrogens (tertiary/aromatic N) is 2. The van der Waals surface area contributed by atoms with E-state index in [0.29, 0.717) is 28.6 Å². The van der Waals surface area contributed by atoms with Crippen molar-refractivity contribution < 1.29 is 14.0 Å². The Labute approximate surface area is 136 Å². The fraction of sp³-hybridized carbons (Fsp3) is 0.429. The van der Waals surface area contributed by atoms with Gasteiger partial charge in [0.15, 0.2) is 10.1 Å². The molecule has 0 unspecified atom stereocenters. The maximum Gasteiger partial charge on any atom is 0.226 e. The highest BCUT2D eigenvalue weighted by molar-refractivity contribution is 8.01. The Morgan fingerprint density at radius 1 is 1.41 bits per heavy atom. The first kappa shape index (κ1) is 16.7. The highest BCUT2D eigenvalue weighted by Crippen LogP contribution is 2.25. The topological polar surface area (TPSA) is 85.1 Å². The third-order valence-electron chi connectivity index (χ3n) is 2.87. The van der Waals surface area contributed by atoms with E-state index in [1.165, 1.54) is 18.3 Å². The molecule has 22 heavy (non-hydrogen) atoms. The van der Waals surface area contributed by atoms with E-state index in [9.17, 15) is 9.59 Å². The smallest absolute Gasteiger partial charge is 0.226 e. The second-order valence-corrected chi connectivity index (χ2v) is 7.08. The number of furan rings is 1. The summed E-state index contributed by atoms with van der Waals surface area (Å²) in [6.45, 7) is 5.27. The SMILES string of the molecule is CCSc1nnc(NC(=O)CCc2cc(C(C)=O)c(C)o2)s1. The van der Waals surface area contributed by atoms with E-state index in [0.717, 1.165) is 10.1 Å². The number of amides is 1. The molecule has 0 atom stereocenters. The first-order chi connectivity index (χ1) is 10.5. The normalized spacial score (nSPS) is 10.7. The van der Waals surface area contributed by atoms with Crippen LogP contribution in [0.1, 0.15) is 42.1 Å². The Balaban J connectivity index is 1.87. The van der Waals surface area contributed by atoms with Crippen molar-refractivity contribution >= 4 is 39.9 Å². The molecule has 0 radical (unpaired) electrons. The minimum Gasteiger partial charge on any atom is -0.466 e. The summed E-state index contributed by atoms with van der Waals surface area (Å²) in [6.07, 6.45) is 0.704. The summed E-state index contributed by atoms with van der Waals surface area (Å²) in [5.74, 6) is 1.96. The number of thioether (sulfide) groups is 1. The van der Waals surface area contributed by atoms with Gasteiger partial charge in [0.05, 0.1) is 5.56 Å². The Kier molecular flexibility index (Phi) is 5.73. The van der Waals surface area contributed by atoms with Gasteiger partial charge in [-0.3, -0.25) is 9.59 Å². The number of carbonyl (C=O) groups excluding carboxylic acids is 2. The highest BCUT2D eigenvalue weighted by Gasteiger charge is 2.13. The fourth-order valence-electron chi connectivity index (χ4n) is 1.88. The van der Waals surface area contributed by atoms with Crippen LogP contribution in [0.2, 0.25) is 0 Å². The average Bonchev–Trinajstić information content (AvgIpc) is 3.04. The molecule has 6 nitrogen and oxygen atoms in total. The summed E-state index contributed by atoms with van der Waals surface area (Å²) in [5, 5.41) is 11.1. The van der Waals surface area contributed by atoms with Crippen LogP contribution < -0.4 is 5.32 Å². The van der Waals surface area contributed by atoms with Gasteiger partial charge in [-0.15, -0.1) is 10.2 Å². The molecule has 0 aliphatic rings. The Morgan fingerprint density at radius 2 is 2.18 bits per heavy atom. The molecule has 2 rings (SSSR count). The van der Waals surface area contributed by atoms with Crippen molar-refractivity contribution in [3.8, 4) is 0 Å². The van der Waals surface area contributed by atoms with Crippen LogP contribution in [0.3, 0.4) is 0 Å². The molecule has 118 valence electrons. The van der Waals surface area contributed by atoms with Crippen molar-refractivity contribution in [1.29, 1.82) is 0 Å². The molecular formula is C14H17N3O3S2. The van der Waals surface area contributed by atoms with E-state index >= 15 is 0 Å². The maximum atomic E-state index is 11.9. The van der Waals surface area contributed by atoms with Gasteiger partial charge in [-0.1, -0.05) is 30.0 Å².